The highest BCUT2D eigenvalue weighted by Gasteiger charge is 2.27. The van der Waals surface area contributed by atoms with Crippen LogP contribution in [0, 0.1) is 5.82 Å². The van der Waals surface area contributed by atoms with Gasteiger partial charge in [0.2, 0.25) is 0 Å². The first-order valence-corrected chi connectivity index (χ1v) is 7.51. The second kappa shape index (κ2) is 7.72. The number of ether oxygens (including phenoxy) is 1. The van der Waals surface area contributed by atoms with Crippen molar-refractivity contribution in [3.8, 4) is 0 Å². The molecule has 0 radical (unpaired) electrons. The molecule has 1 aliphatic heterocycles. The number of halogens is 2. The third-order valence-electron chi connectivity index (χ3n) is 3.51. The average Bonchev–Trinajstić information content (AvgIpc) is 2.48. The summed E-state index contributed by atoms with van der Waals surface area (Å²) in [7, 11) is 1.66. The van der Waals surface area contributed by atoms with Gasteiger partial charge in [0, 0.05) is 24.7 Å². The van der Waals surface area contributed by atoms with Gasteiger partial charge in [-0.25, -0.2) is 4.39 Å². The number of hydrogen-bond donors (Lipinski definition) is 1. The largest absolute Gasteiger partial charge is 0.480 e. The van der Waals surface area contributed by atoms with Gasteiger partial charge in [-0.3, -0.25) is 14.5 Å². The Morgan fingerprint density at radius 3 is 2.96 bits per heavy atom. The van der Waals surface area contributed by atoms with Crippen molar-refractivity contribution in [2.45, 2.75) is 6.10 Å². The highest BCUT2D eigenvalue weighted by atomic mass is 35.5. The fourth-order valence-electron chi connectivity index (χ4n) is 2.49. The highest BCUT2D eigenvalue weighted by Crippen LogP contribution is 2.18. The Kier molecular flexibility index (Phi) is 5.92. The van der Waals surface area contributed by atoms with E-state index in [1.54, 1.807) is 11.9 Å². The molecule has 126 valence electrons. The second-order valence-corrected chi connectivity index (χ2v) is 5.90. The summed E-state index contributed by atoms with van der Waals surface area (Å²) in [4.78, 5) is 26.2. The van der Waals surface area contributed by atoms with Crippen molar-refractivity contribution < 1.29 is 23.8 Å². The number of carboxylic acid groups (broad SMARTS) is 1. The zero-order valence-electron chi connectivity index (χ0n) is 12.7. The molecule has 0 aromatic heterocycles. The number of amides is 1. The molecular weight excluding hydrogens is 327 g/mol. The third-order valence-corrected chi connectivity index (χ3v) is 3.74. The van der Waals surface area contributed by atoms with E-state index in [9.17, 15) is 14.0 Å². The molecule has 23 heavy (non-hydrogen) atoms. The van der Waals surface area contributed by atoms with E-state index in [4.69, 9.17) is 21.4 Å². The Morgan fingerprint density at radius 1 is 1.52 bits per heavy atom. The minimum atomic E-state index is -0.933. The summed E-state index contributed by atoms with van der Waals surface area (Å²) in [6, 6.07) is 3.85. The van der Waals surface area contributed by atoms with E-state index in [1.807, 2.05) is 0 Å². The summed E-state index contributed by atoms with van der Waals surface area (Å²) in [5.41, 5.74) is -0.0722. The van der Waals surface area contributed by atoms with Crippen LogP contribution in [0.5, 0.6) is 0 Å². The van der Waals surface area contributed by atoms with E-state index in [0.717, 1.165) is 6.07 Å². The monoisotopic (exact) mass is 344 g/mol. The Labute approximate surface area is 138 Å². The van der Waals surface area contributed by atoms with Crippen molar-refractivity contribution in [1.29, 1.82) is 0 Å². The van der Waals surface area contributed by atoms with E-state index < -0.39 is 17.7 Å². The first-order valence-electron chi connectivity index (χ1n) is 7.13. The number of carboxylic acids is 1. The number of carbonyl (C=O) groups excluding carboxylic acids is 1. The number of morpholine rings is 1. The van der Waals surface area contributed by atoms with Crippen LogP contribution in [0.4, 0.5) is 4.39 Å². The van der Waals surface area contributed by atoms with Gasteiger partial charge in [-0.2, -0.15) is 0 Å². The normalized spacial score (nSPS) is 18.3. The Bertz CT molecular complexity index is 599. The third kappa shape index (κ3) is 4.89. The fraction of sp³-hybridized carbons (Fsp3) is 0.467. The average molecular weight is 345 g/mol. The molecule has 1 aliphatic rings. The Balaban J connectivity index is 2.01. The van der Waals surface area contributed by atoms with Crippen LogP contribution < -0.4 is 0 Å². The number of hydrogen-bond acceptors (Lipinski definition) is 4. The number of rotatable bonds is 5. The predicted molar refractivity (Wildman–Crippen MR) is 82.2 cm³/mol. The van der Waals surface area contributed by atoms with Gasteiger partial charge >= 0.3 is 5.97 Å². The number of aliphatic carboxylic acids is 1. The SMILES string of the molecule is CN(CC(=O)O)CC1CN(C(=O)c2cc(Cl)ccc2F)CCO1. The summed E-state index contributed by atoms with van der Waals surface area (Å²) < 4.78 is 19.4. The van der Waals surface area contributed by atoms with Crippen LogP contribution in [-0.2, 0) is 9.53 Å². The number of benzene rings is 1. The zero-order valence-corrected chi connectivity index (χ0v) is 13.4. The van der Waals surface area contributed by atoms with Crippen molar-refractivity contribution in [1.82, 2.24) is 9.80 Å². The van der Waals surface area contributed by atoms with E-state index in [2.05, 4.69) is 0 Å². The molecule has 0 bridgehead atoms. The Hall–Kier alpha value is -1.70. The van der Waals surface area contributed by atoms with E-state index in [0.29, 0.717) is 24.7 Å². The van der Waals surface area contributed by atoms with Crippen molar-refractivity contribution in [3.63, 3.8) is 0 Å². The van der Waals surface area contributed by atoms with Crippen LogP contribution in [0.15, 0.2) is 18.2 Å². The van der Waals surface area contributed by atoms with E-state index in [-0.39, 0.29) is 24.8 Å². The molecule has 1 unspecified atom stereocenters. The summed E-state index contributed by atoms with van der Waals surface area (Å²) in [5.74, 6) is -2.00. The smallest absolute Gasteiger partial charge is 0.317 e. The van der Waals surface area contributed by atoms with Gasteiger partial charge in [-0.1, -0.05) is 11.6 Å². The predicted octanol–water partition coefficient (Wildman–Crippen LogP) is 1.34. The first-order chi connectivity index (χ1) is 10.9. The van der Waals surface area contributed by atoms with Crippen molar-refractivity contribution in [2.24, 2.45) is 0 Å². The lowest BCUT2D eigenvalue weighted by Crippen LogP contribution is -2.49. The minimum absolute atomic E-state index is 0.0722. The molecule has 8 heteroatoms. The van der Waals surface area contributed by atoms with Gasteiger partial charge in [0.1, 0.15) is 5.82 Å². The lowest BCUT2D eigenvalue weighted by atomic mass is 10.1. The summed E-state index contributed by atoms with van der Waals surface area (Å²) in [6.07, 6.45) is -0.320. The van der Waals surface area contributed by atoms with E-state index in [1.165, 1.54) is 17.0 Å². The van der Waals surface area contributed by atoms with Crippen LogP contribution >= 0.6 is 11.6 Å². The maximum atomic E-state index is 13.8. The fourth-order valence-corrected chi connectivity index (χ4v) is 2.66. The molecule has 1 aromatic carbocycles. The van der Waals surface area contributed by atoms with Gasteiger partial charge in [0.05, 0.1) is 24.8 Å². The lowest BCUT2D eigenvalue weighted by Gasteiger charge is -2.34. The molecule has 1 heterocycles. The number of carbonyl (C=O) groups is 2. The first kappa shape index (κ1) is 17.7. The van der Waals surface area contributed by atoms with Crippen LogP contribution in [0.3, 0.4) is 0 Å². The second-order valence-electron chi connectivity index (χ2n) is 5.46. The number of likely N-dealkylation sites (N-methyl/N-ethyl adjacent to an activating group) is 1. The molecule has 0 aliphatic carbocycles. The molecule has 1 aromatic rings. The van der Waals surface area contributed by atoms with Crippen LogP contribution in [0.25, 0.3) is 0 Å². The molecule has 1 atom stereocenters. The van der Waals surface area contributed by atoms with E-state index >= 15 is 0 Å². The molecule has 1 fully saturated rings. The van der Waals surface area contributed by atoms with Gasteiger partial charge < -0.3 is 14.7 Å². The molecule has 6 nitrogen and oxygen atoms in total. The molecule has 0 spiro atoms. The van der Waals surface area contributed by atoms with Gasteiger partial charge in [0.15, 0.2) is 0 Å². The maximum Gasteiger partial charge on any atom is 0.317 e. The van der Waals surface area contributed by atoms with Crippen molar-refractivity contribution in [3.05, 3.63) is 34.6 Å². The van der Waals surface area contributed by atoms with Crippen LogP contribution in [0.1, 0.15) is 10.4 Å². The molecule has 1 saturated heterocycles. The standard InChI is InChI=1S/C15H18ClFN2O4/c1-18(9-14(20)21)7-11-8-19(4-5-23-11)15(22)12-6-10(16)2-3-13(12)17/h2-3,6,11H,4-5,7-9H2,1H3,(H,20,21). The maximum absolute atomic E-state index is 13.8. The minimum Gasteiger partial charge on any atom is -0.480 e. The number of nitrogens with zero attached hydrogens (tertiary/aromatic N) is 2. The molecule has 0 saturated carbocycles. The molecule has 1 N–H and O–H groups in total. The zero-order chi connectivity index (χ0) is 17.0. The molecule has 1 amide bonds. The van der Waals surface area contributed by atoms with Crippen molar-refractivity contribution >= 4 is 23.5 Å². The summed E-state index contributed by atoms with van der Waals surface area (Å²) in [6.45, 7) is 1.20. The summed E-state index contributed by atoms with van der Waals surface area (Å²) in [5, 5.41) is 9.05. The van der Waals surface area contributed by atoms with Gasteiger partial charge in [-0.15, -0.1) is 0 Å². The molecule has 2 rings (SSSR count). The highest BCUT2D eigenvalue weighted by molar-refractivity contribution is 6.31. The molecular formula is C15H18ClFN2O4. The van der Waals surface area contributed by atoms with Gasteiger partial charge in [-0.05, 0) is 25.2 Å². The van der Waals surface area contributed by atoms with Crippen molar-refractivity contribution in [2.75, 3.05) is 39.8 Å². The quantitative estimate of drug-likeness (QED) is 0.872. The van der Waals surface area contributed by atoms with Crippen LogP contribution in [-0.4, -0.2) is 72.7 Å². The topological polar surface area (TPSA) is 70.1 Å². The van der Waals surface area contributed by atoms with Gasteiger partial charge in [0.25, 0.3) is 5.91 Å². The Morgan fingerprint density at radius 2 is 2.26 bits per heavy atom. The van der Waals surface area contributed by atoms with Crippen LogP contribution in [0.2, 0.25) is 5.02 Å². The lowest BCUT2D eigenvalue weighted by molar-refractivity contribution is -0.138. The summed E-state index contributed by atoms with van der Waals surface area (Å²) >= 11 is 5.82.